The second-order valence-electron chi connectivity index (χ2n) is 6.86. The van der Waals surface area contributed by atoms with E-state index in [1.807, 2.05) is 0 Å². The molecule has 0 amide bonds. The van der Waals surface area contributed by atoms with Crippen molar-refractivity contribution in [2.45, 2.75) is 45.1 Å². The number of nitrogens with zero attached hydrogens (tertiary/aromatic N) is 1. The first-order valence-electron chi connectivity index (χ1n) is 8.71. The molecule has 22 heavy (non-hydrogen) atoms. The van der Waals surface area contributed by atoms with E-state index in [1.54, 1.807) is 7.11 Å². The topological polar surface area (TPSA) is 28.3 Å². The molecule has 1 N–H and O–H groups in total. The first-order chi connectivity index (χ1) is 10.8. The van der Waals surface area contributed by atoms with Crippen molar-refractivity contribution in [2.24, 2.45) is 5.92 Å². The number of hydrogen-bond acceptors (Lipinski definition) is 2. The summed E-state index contributed by atoms with van der Waals surface area (Å²) in [7, 11) is 1.75. The second kappa shape index (κ2) is 5.62. The average molecular weight is 298 g/mol. The summed E-state index contributed by atoms with van der Waals surface area (Å²) in [5.41, 5.74) is 4.26. The highest BCUT2D eigenvalue weighted by Crippen LogP contribution is 2.35. The molecule has 0 radical (unpaired) electrons. The molecule has 1 fully saturated rings. The van der Waals surface area contributed by atoms with E-state index < -0.39 is 0 Å². The summed E-state index contributed by atoms with van der Waals surface area (Å²) in [4.78, 5) is 6.45. The number of methoxy groups -OCH3 is 1. The molecule has 3 heteroatoms. The Hall–Kier alpha value is -1.48. The van der Waals surface area contributed by atoms with Gasteiger partial charge >= 0.3 is 0 Å². The van der Waals surface area contributed by atoms with Crippen LogP contribution in [0.4, 0.5) is 0 Å². The summed E-state index contributed by atoms with van der Waals surface area (Å²) in [5.74, 6) is 1.82. The first kappa shape index (κ1) is 14.1. The van der Waals surface area contributed by atoms with Crippen LogP contribution in [0.25, 0.3) is 10.9 Å². The molecule has 4 rings (SSSR count). The molecule has 0 unspecified atom stereocenters. The lowest BCUT2D eigenvalue weighted by atomic mass is 9.85. The summed E-state index contributed by atoms with van der Waals surface area (Å²) in [6, 6.07) is 7.15. The van der Waals surface area contributed by atoms with E-state index in [2.05, 4.69) is 35.0 Å². The Morgan fingerprint density at radius 3 is 3.05 bits per heavy atom. The molecule has 118 valence electrons. The van der Waals surface area contributed by atoms with Gasteiger partial charge in [-0.25, -0.2) is 0 Å². The maximum absolute atomic E-state index is 5.42. The number of nitrogens with one attached hydrogen (secondary N) is 1. The minimum Gasteiger partial charge on any atom is -0.497 e. The number of rotatable bonds is 2. The van der Waals surface area contributed by atoms with Gasteiger partial charge in [0.2, 0.25) is 0 Å². The molecule has 1 aromatic carbocycles. The number of fused-ring (bicyclic) bond motifs is 4. The minimum absolute atomic E-state index is 0.731. The van der Waals surface area contributed by atoms with Crippen molar-refractivity contribution in [3.8, 4) is 5.75 Å². The maximum Gasteiger partial charge on any atom is 0.119 e. The minimum atomic E-state index is 0.731. The van der Waals surface area contributed by atoms with Crippen molar-refractivity contribution >= 4 is 10.9 Å². The molecule has 2 aliphatic heterocycles. The Labute approximate surface area is 132 Å². The predicted molar refractivity (Wildman–Crippen MR) is 90.6 cm³/mol. The third-order valence-corrected chi connectivity index (χ3v) is 5.82. The van der Waals surface area contributed by atoms with Gasteiger partial charge in [0.1, 0.15) is 5.75 Å². The SMILES string of the molecule is CC[C@H]1CCCN2CCc3c([nH]c4ccc(OC)cc34)C[C@H]12. The van der Waals surface area contributed by atoms with Crippen LogP contribution in [-0.2, 0) is 12.8 Å². The smallest absolute Gasteiger partial charge is 0.119 e. The normalized spacial score (nSPS) is 25.5. The highest BCUT2D eigenvalue weighted by molar-refractivity contribution is 5.86. The van der Waals surface area contributed by atoms with Crippen LogP contribution in [0.15, 0.2) is 18.2 Å². The van der Waals surface area contributed by atoms with E-state index in [-0.39, 0.29) is 0 Å². The molecule has 3 heterocycles. The van der Waals surface area contributed by atoms with E-state index in [4.69, 9.17) is 4.74 Å². The van der Waals surface area contributed by atoms with Gasteiger partial charge in [0.25, 0.3) is 0 Å². The Morgan fingerprint density at radius 2 is 2.23 bits per heavy atom. The fourth-order valence-electron chi connectivity index (χ4n) is 4.60. The largest absolute Gasteiger partial charge is 0.497 e. The monoisotopic (exact) mass is 298 g/mol. The number of hydrogen-bond donors (Lipinski definition) is 1. The number of ether oxygens (including phenoxy) is 1. The van der Waals surface area contributed by atoms with Gasteiger partial charge in [-0.1, -0.05) is 13.3 Å². The lowest BCUT2D eigenvalue weighted by Crippen LogP contribution is -2.46. The van der Waals surface area contributed by atoms with E-state index in [0.29, 0.717) is 0 Å². The van der Waals surface area contributed by atoms with Crippen LogP contribution in [0.5, 0.6) is 5.75 Å². The molecule has 0 spiro atoms. The Morgan fingerprint density at radius 1 is 1.32 bits per heavy atom. The number of benzene rings is 1. The van der Waals surface area contributed by atoms with Crippen LogP contribution in [0, 0.1) is 5.92 Å². The summed E-state index contributed by atoms with van der Waals surface area (Å²) >= 11 is 0. The van der Waals surface area contributed by atoms with Gasteiger partial charge in [-0.3, -0.25) is 4.90 Å². The summed E-state index contributed by atoms with van der Waals surface area (Å²) < 4.78 is 5.42. The Bertz CT molecular complexity index is 675. The van der Waals surface area contributed by atoms with Crippen LogP contribution in [-0.4, -0.2) is 36.1 Å². The summed E-state index contributed by atoms with van der Waals surface area (Å²) in [6.07, 6.45) is 6.43. The van der Waals surface area contributed by atoms with Crippen molar-refractivity contribution in [1.82, 2.24) is 9.88 Å². The Balaban J connectivity index is 1.75. The predicted octanol–water partition coefficient (Wildman–Crippen LogP) is 3.77. The third-order valence-electron chi connectivity index (χ3n) is 5.82. The molecule has 0 aliphatic carbocycles. The molecule has 3 nitrogen and oxygen atoms in total. The van der Waals surface area contributed by atoms with Crippen molar-refractivity contribution in [3.05, 3.63) is 29.5 Å². The van der Waals surface area contributed by atoms with Crippen molar-refractivity contribution in [3.63, 3.8) is 0 Å². The molecule has 0 bridgehead atoms. The number of H-pyrrole nitrogens is 1. The van der Waals surface area contributed by atoms with Crippen molar-refractivity contribution in [1.29, 1.82) is 0 Å². The van der Waals surface area contributed by atoms with Gasteiger partial charge in [-0.15, -0.1) is 0 Å². The molecule has 2 aromatic rings. The lowest BCUT2D eigenvalue weighted by molar-refractivity contribution is 0.0948. The fraction of sp³-hybridized carbons (Fsp3) is 0.579. The fourth-order valence-corrected chi connectivity index (χ4v) is 4.60. The zero-order valence-electron chi connectivity index (χ0n) is 13.7. The number of aromatic amines is 1. The highest BCUT2D eigenvalue weighted by atomic mass is 16.5. The van der Waals surface area contributed by atoms with Crippen LogP contribution >= 0.6 is 0 Å². The van der Waals surface area contributed by atoms with Crippen LogP contribution in [0.2, 0.25) is 0 Å². The van der Waals surface area contributed by atoms with Gasteiger partial charge in [0.15, 0.2) is 0 Å². The molecular weight excluding hydrogens is 272 g/mol. The zero-order chi connectivity index (χ0) is 15.1. The maximum atomic E-state index is 5.42. The van der Waals surface area contributed by atoms with Gasteiger partial charge in [0.05, 0.1) is 7.11 Å². The van der Waals surface area contributed by atoms with Gasteiger partial charge in [-0.2, -0.15) is 0 Å². The van der Waals surface area contributed by atoms with Crippen LogP contribution < -0.4 is 4.74 Å². The van der Waals surface area contributed by atoms with Gasteiger partial charge in [0, 0.05) is 35.6 Å². The molecular formula is C19H26N2O. The molecule has 0 saturated carbocycles. The van der Waals surface area contributed by atoms with Crippen LogP contribution in [0.3, 0.4) is 0 Å². The molecule has 1 aromatic heterocycles. The van der Waals surface area contributed by atoms with Crippen LogP contribution in [0.1, 0.15) is 37.4 Å². The second-order valence-corrected chi connectivity index (χ2v) is 6.86. The Kier molecular flexibility index (Phi) is 3.61. The van der Waals surface area contributed by atoms with Gasteiger partial charge < -0.3 is 9.72 Å². The molecule has 2 aliphatic rings. The van der Waals surface area contributed by atoms with Gasteiger partial charge in [-0.05, 0) is 55.5 Å². The number of piperidine rings is 1. The van der Waals surface area contributed by atoms with Crippen molar-refractivity contribution in [2.75, 3.05) is 20.2 Å². The average Bonchev–Trinajstić information content (AvgIpc) is 2.78. The summed E-state index contributed by atoms with van der Waals surface area (Å²) in [6.45, 7) is 4.85. The zero-order valence-corrected chi connectivity index (χ0v) is 13.7. The third kappa shape index (κ3) is 2.23. The first-order valence-corrected chi connectivity index (χ1v) is 8.71. The van der Waals surface area contributed by atoms with Crippen molar-refractivity contribution < 1.29 is 4.74 Å². The highest BCUT2D eigenvalue weighted by Gasteiger charge is 2.33. The number of aromatic nitrogens is 1. The van der Waals surface area contributed by atoms with E-state index in [0.717, 1.165) is 24.1 Å². The quantitative estimate of drug-likeness (QED) is 0.914. The summed E-state index contributed by atoms with van der Waals surface area (Å²) in [5, 5.41) is 1.36. The van der Waals surface area contributed by atoms with E-state index >= 15 is 0 Å². The van der Waals surface area contributed by atoms with E-state index in [1.165, 1.54) is 60.9 Å². The van der Waals surface area contributed by atoms with E-state index in [9.17, 15) is 0 Å². The standard InChI is InChI=1S/C19H26N2O/c1-3-13-5-4-9-21-10-8-15-16-11-14(22-2)6-7-17(16)20-18(15)12-19(13)21/h6-7,11,13,19-20H,3-5,8-10,12H2,1-2H3/t13-,19+/m0/s1. The lowest BCUT2D eigenvalue weighted by Gasteiger charge is -2.40. The molecule has 1 saturated heterocycles. The molecule has 2 atom stereocenters.